The van der Waals surface area contributed by atoms with Crippen LogP contribution >= 0.6 is 23.8 Å². The molecule has 0 fully saturated rings. The van der Waals surface area contributed by atoms with E-state index in [9.17, 15) is 8.42 Å². The lowest BCUT2D eigenvalue weighted by Crippen LogP contribution is -2.15. The third-order valence-corrected chi connectivity index (χ3v) is 4.93. The summed E-state index contributed by atoms with van der Waals surface area (Å²) >= 11 is 5.88. The molecule has 0 saturated heterocycles. The summed E-state index contributed by atoms with van der Waals surface area (Å²) in [5, 5.41) is 0.235. The van der Waals surface area contributed by atoms with Crippen LogP contribution in [0.1, 0.15) is 17.0 Å². The van der Waals surface area contributed by atoms with Gasteiger partial charge in [-0.25, -0.2) is 13.4 Å². The second-order valence-corrected chi connectivity index (χ2v) is 6.97. The number of aromatic nitrogens is 2. The van der Waals surface area contributed by atoms with E-state index in [4.69, 9.17) is 18.0 Å². The summed E-state index contributed by atoms with van der Waals surface area (Å²) in [4.78, 5) is 4.33. The summed E-state index contributed by atoms with van der Waals surface area (Å²) < 4.78 is 30.7. The number of nitrogens with zero attached hydrogens (tertiary/aromatic N) is 2. The predicted octanol–water partition coefficient (Wildman–Crippen LogP) is 1.59. The van der Waals surface area contributed by atoms with Crippen LogP contribution in [0.5, 0.6) is 0 Å². The number of benzene rings is 1. The molecule has 0 aliphatic carbocycles. The molecule has 1 heterocycles. The van der Waals surface area contributed by atoms with Gasteiger partial charge in [0.15, 0.2) is 0 Å². The van der Waals surface area contributed by atoms with Crippen molar-refractivity contribution in [2.45, 2.75) is 18.7 Å². The van der Waals surface area contributed by atoms with Gasteiger partial charge in [0.2, 0.25) is 5.13 Å². The lowest BCUT2D eigenvalue weighted by Gasteiger charge is -2.08. The highest BCUT2D eigenvalue weighted by Crippen LogP contribution is 2.20. The zero-order chi connectivity index (χ0) is 14.9. The van der Waals surface area contributed by atoms with Gasteiger partial charge in [-0.2, -0.15) is 4.37 Å². The van der Waals surface area contributed by atoms with E-state index in [0.29, 0.717) is 17.0 Å². The first kappa shape index (κ1) is 14.8. The number of hydrogen-bond acceptors (Lipinski definition) is 6. The van der Waals surface area contributed by atoms with Crippen molar-refractivity contribution in [1.29, 1.82) is 0 Å². The number of thiocarbonyl (C=S) groups is 1. The molecule has 1 aromatic carbocycles. The Hall–Kier alpha value is -1.58. The van der Waals surface area contributed by atoms with Crippen molar-refractivity contribution in [3.8, 4) is 0 Å². The molecule has 2 aromatic rings. The second-order valence-electron chi connectivity index (χ2n) is 4.09. The largest absolute Gasteiger partial charge is 0.389 e. The van der Waals surface area contributed by atoms with E-state index in [1.807, 2.05) is 0 Å². The molecule has 0 unspecified atom stereocenters. The number of sulfonamides is 1. The Bertz CT molecular complexity index is 768. The van der Waals surface area contributed by atoms with Crippen molar-refractivity contribution in [3.63, 3.8) is 0 Å². The van der Waals surface area contributed by atoms with E-state index in [-0.39, 0.29) is 15.0 Å². The average molecular weight is 328 g/mol. The van der Waals surface area contributed by atoms with Crippen LogP contribution in [-0.4, -0.2) is 22.8 Å². The predicted molar refractivity (Wildman–Crippen MR) is 82.5 cm³/mol. The molecule has 0 amide bonds. The van der Waals surface area contributed by atoms with Crippen molar-refractivity contribution in [1.82, 2.24) is 9.36 Å². The lowest BCUT2D eigenvalue weighted by atomic mass is 10.1. The smallest absolute Gasteiger partial charge is 0.263 e. The summed E-state index contributed by atoms with van der Waals surface area (Å²) in [5.74, 6) is 0.521. The van der Waals surface area contributed by atoms with Gasteiger partial charge in [0.25, 0.3) is 10.0 Å². The van der Waals surface area contributed by atoms with Crippen LogP contribution in [0.15, 0.2) is 23.1 Å². The van der Waals surface area contributed by atoms with E-state index in [2.05, 4.69) is 14.1 Å². The number of anilines is 1. The zero-order valence-electron chi connectivity index (χ0n) is 10.7. The van der Waals surface area contributed by atoms with Gasteiger partial charge < -0.3 is 5.73 Å². The van der Waals surface area contributed by atoms with Crippen molar-refractivity contribution >= 4 is 43.9 Å². The first-order chi connectivity index (χ1) is 9.29. The van der Waals surface area contributed by atoms with Gasteiger partial charge in [0.05, 0.1) is 4.90 Å². The molecule has 3 N–H and O–H groups in total. The molecule has 20 heavy (non-hydrogen) atoms. The van der Waals surface area contributed by atoms with Crippen LogP contribution in [0, 0.1) is 13.8 Å². The van der Waals surface area contributed by atoms with Crippen LogP contribution in [-0.2, 0) is 10.0 Å². The summed E-state index contributed by atoms with van der Waals surface area (Å²) in [6, 6.07) is 4.57. The first-order valence-electron chi connectivity index (χ1n) is 5.53. The van der Waals surface area contributed by atoms with E-state index in [0.717, 1.165) is 11.5 Å². The van der Waals surface area contributed by atoms with Gasteiger partial charge in [0.1, 0.15) is 10.8 Å². The quantitative estimate of drug-likeness (QED) is 0.827. The van der Waals surface area contributed by atoms with Crippen LogP contribution in [0.3, 0.4) is 0 Å². The average Bonchev–Trinajstić information content (AvgIpc) is 2.73. The first-order valence-corrected chi connectivity index (χ1v) is 8.19. The second kappa shape index (κ2) is 5.43. The number of nitrogens with two attached hydrogens (primary N) is 1. The highest BCUT2D eigenvalue weighted by molar-refractivity contribution is 7.93. The molecule has 0 aliphatic heterocycles. The van der Waals surface area contributed by atoms with E-state index in [1.165, 1.54) is 12.1 Å². The SMILES string of the molecule is Cc1nsc(NS(=O)(=O)c2ccc(C(N)=S)c(C)c2)n1. The van der Waals surface area contributed by atoms with Gasteiger partial charge in [-0.1, -0.05) is 18.3 Å². The standard InChI is InChI=1S/C11H12N4O2S3/c1-6-5-8(3-4-9(6)10(12)18)20(16,17)15-11-13-7(2)14-19-11/h3-5H,1-2H3,(H2,12,18)(H,13,14,15). The molecule has 0 bridgehead atoms. The maximum Gasteiger partial charge on any atom is 0.263 e. The highest BCUT2D eigenvalue weighted by atomic mass is 32.2. The molecular formula is C11H12N4O2S3. The Morgan fingerprint density at radius 2 is 2.10 bits per heavy atom. The minimum absolute atomic E-state index is 0.128. The van der Waals surface area contributed by atoms with Gasteiger partial charge in [0, 0.05) is 17.1 Å². The lowest BCUT2D eigenvalue weighted by molar-refractivity contribution is 0.601. The molecule has 106 valence electrons. The number of rotatable bonds is 4. The maximum atomic E-state index is 12.2. The van der Waals surface area contributed by atoms with Crippen molar-refractivity contribution < 1.29 is 8.42 Å². The third kappa shape index (κ3) is 3.11. The molecular weight excluding hydrogens is 316 g/mol. The van der Waals surface area contributed by atoms with Crippen LogP contribution in [0.2, 0.25) is 0 Å². The molecule has 9 heteroatoms. The van der Waals surface area contributed by atoms with E-state index >= 15 is 0 Å². The summed E-state index contributed by atoms with van der Waals surface area (Å²) in [7, 11) is -3.69. The summed E-state index contributed by atoms with van der Waals surface area (Å²) in [6.07, 6.45) is 0. The van der Waals surface area contributed by atoms with Crippen molar-refractivity contribution in [3.05, 3.63) is 35.2 Å². The minimum atomic E-state index is -3.69. The van der Waals surface area contributed by atoms with E-state index < -0.39 is 10.0 Å². The monoisotopic (exact) mass is 328 g/mol. The molecule has 0 saturated carbocycles. The Kier molecular flexibility index (Phi) is 4.02. The Morgan fingerprint density at radius 1 is 1.40 bits per heavy atom. The molecule has 0 spiro atoms. The zero-order valence-corrected chi connectivity index (χ0v) is 13.2. The number of hydrogen-bond donors (Lipinski definition) is 2. The van der Waals surface area contributed by atoms with Gasteiger partial charge in [-0.3, -0.25) is 4.72 Å². The fourth-order valence-corrected chi connectivity index (χ4v) is 3.70. The fraction of sp³-hybridized carbons (Fsp3) is 0.182. The van der Waals surface area contributed by atoms with E-state index in [1.54, 1.807) is 19.9 Å². The highest BCUT2D eigenvalue weighted by Gasteiger charge is 2.17. The topological polar surface area (TPSA) is 98.0 Å². The fourth-order valence-electron chi connectivity index (χ4n) is 1.59. The molecule has 2 rings (SSSR count). The van der Waals surface area contributed by atoms with Gasteiger partial charge >= 0.3 is 0 Å². The Labute approximate surface area is 126 Å². The van der Waals surface area contributed by atoms with Crippen molar-refractivity contribution in [2.75, 3.05) is 4.72 Å². The van der Waals surface area contributed by atoms with Crippen LogP contribution < -0.4 is 10.5 Å². The van der Waals surface area contributed by atoms with Crippen LogP contribution in [0.25, 0.3) is 0 Å². The van der Waals surface area contributed by atoms with Crippen molar-refractivity contribution in [2.24, 2.45) is 5.73 Å². The molecule has 0 atom stereocenters. The normalized spacial score (nSPS) is 11.3. The number of aryl methyl sites for hydroxylation is 2. The van der Waals surface area contributed by atoms with Gasteiger partial charge in [-0.05, 0) is 31.5 Å². The molecule has 1 aromatic heterocycles. The summed E-state index contributed by atoms with van der Waals surface area (Å²) in [5.41, 5.74) is 6.91. The minimum Gasteiger partial charge on any atom is -0.389 e. The number of nitrogens with one attached hydrogen (secondary N) is 1. The molecule has 6 nitrogen and oxygen atoms in total. The molecule has 0 aliphatic rings. The van der Waals surface area contributed by atoms with Gasteiger partial charge in [-0.15, -0.1) is 0 Å². The van der Waals surface area contributed by atoms with Crippen LogP contribution in [0.4, 0.5) is 5.13 Å². The Morgan fingerprint density at radius 3 is 2.60 bits per heavy atom. The summed E-state index contributed by atoms with van der Waals surface area (Å²) in [6.45, 7) is 3.44. The maximum absolute atomic E-state index is 12.2. The Balaban J connectivity index is 2.35. The third-order valence-electron chi connectivity index (χ3n) is 2.52. The molecule has 0 radical (unpaired) electrons.